The lowest BCUT2D eigenvalue weighted by Crippen LogP contribution is -2.44. The molecule has 0 bridgehead atoms. The van der Waals surface area contributed by atoms with Crippen LogP contribution in [-0.2, 0) is 11.2 Å². The van der Waals surface area contributed by atoms with Gasteiger partial charge in [-0.3, -0.25) is 20.4 Å². The summed E-state index contributed by atoms with van der Waals surface area (Å²) in [6, 6.07) is 10.7. The van der Waals surface area contributed by atoms with E-state index in [1.165, 1.54) is 33.5 Å². The Morgan fingerprint density at radius 2 is 1.57 bits per heavy atom. The molecule has 0 spiro atoms. The van der Waals surface area contributed by atoms with Crippen LogP contribution in [0, 0.1) is 0 Å². The first-order valence-electron chi connectivity index (χ1n) is 8.75. The average molecular weight is 387 g/mol. The normalized spacial score (nSPS) is 10.0. The minimum atomic E-state index is -0.512. The number of ether oxygens (including phenoxy) is 3. The van der Waals surface area contributed by atoms with Crippen molar-refractivity contribution in [3.63, 3.8) is 0 Å². The second-order valence-electron chi connectivity index (χ2n) is 5.78. The van der Waals surface area contributed by atoms with E-state index in [0.717, 1.165) is 17.7 Å². The summed E-state index contributed by atoms with van der Waals surface area (Å²) in [5.41, 5.74) is 6.99. The number of rotatable bonds is 8. The third kappa shape index (κ3) is 5.06. The summed E-state index contributed by atoms with van der Waals surface area (Å²) in [7, 11) is 4.39. The first-order chi connectivity index (χ1) is 13.5. The molecule has 0 heterocycles. The molecule has 8 nitrogen and oxygen atoms in total. The van der Waals surface area contributed by atoms with Gasteiger partial charge in [-0.1, -0.05) is 25.1 Å². The second-order valence-corrected chi connectivity index (χ2v) is 5.78. The van der Waals surface area contributed by atoms with Crippen LogP contribution in [0.5, 0.6) is 17.2 Å². The van der Waals surface area contributed by atoms with Crippen LogP contribution < -0.4 is 30.4 Å². The Morgan fingerprint density at radius 3 is 2.14 bits per heavy atom. The number of methoxy groups -OCH3 is 3. The molecule has 2 amide bonds. The molecular formula is C20H25N3O5. The Kier molecular flexibility index (Phi) is 7.50. The second kappa shape index (κ2) is 10.1. The number of carbonyl (C=O) groups is 2. The zero-order valence-corrected chi connectivity index (χ0v) is 16.4. The number of para-hydroxylation sites is 1. The van der Waals surface area contributed by atoms with Crippen LogP contribution in [0.4, 0.5) is 5.69 Å². The van der Waals surface area contributed by atoms with Crippen LogP contribution in [0.25, 0.3) is 0 Å². The van der Waals surface area contributed by atoms with Crippen LogP contribution in [0.2, 0.25) is 0 Å². The zero-order chi connectivity index (χ0) is 20.5. The standard InChI is InChI=1S/C20H25N3O5/c1-5-13-8-6-7-9-15(13)21-12-18(24)22-23-20(25)14-10-16(26-2)19(28-4)17(11-14)27-3/h6-11,21H,5,12H2,1-4H3,(H,22,24)(H,23,25). The summed E-state index contributed by atoms with van der Waals surface area (Å²) in [6.45, 7) is 2.06. The monoisotopic (exact) mass is 387 g/mol. The molecular weight excluding hydrogens is 362 g/mol. The van der Waals surface area contributed by atoms with Crippen molar-refractivity contribution in [3.05, 3.63) is 47.5 Å². The zero-order valence-electron chi connectivity index (χ0n) is 16.4. The van der Waals surface area contributed by atoms with Gasteiger partial charge in [-0.15, -0.1) is 0 Å². The third-order valence-electron chi connectivity index (χ3n) is 4.08. The Bertz CT molecular complexity index is 813. The largest absolute Gasteiger partial charge is 0.493 e. The number of amides is 2. The molecule has 0 saturated heterocycles. The Balaban J connectivity index is 1.97. The Hall–Kier alpha value is -3.42. The summed E-state index contributed by atoms with van der Waals surface area (Å²) >= 11 is 0. The fraction of sp³-hybridized carbons (Fsp3) is 0.300. The van der Waals surface area contributed by atoms with Crippen molar-refractivity contribution in [2.75, 3.05) is 33.2 Å². The fourth-order valence-electron chi connectivity index (χ4n) is 2.63. The van der Waals surface area contributed by atoms with Gasteiger partial charge in [-0.05, 0) is 30.2 Å². The van der Waals surface area contributed by atoms with Crippen LogP contribution in [0.1, 0.15) is 22.8 Å². The quantitative estimate of drug-likeness (QED) is 0.601. The molecule has 2 aromatic carbocycles. The van der Waals surface area contributed by atoms with Crippen molar-refractivity contribution in [2.45, 2.75) is 13.3 Å². The topological polar surface area (TPSA) is 97.9 Å². The first-order valence-corrected chi connectivity index (χ1v) is 8.75. The predicted octanol–water partition coefficient (Wildman–Crippen LogP) is 2.15. The first kappa shape index (κ1) is 20.9. The summed E-state index contributed by atoms with van der Waals surface area (Å²) < 4.78 is 15.7. The van der Waals surface area contributed by atoms with E-state index in [2.05, 4.69) is 16.2 Å². The summed E-state index contributed by atoms with van der Waals surface area (Å²) in [5.74, 6) is 0.171. The average Bonchev–Trinajstić information content (AvgIpc) is 2.74. The van der Waals surface area contributed by atoms with Crippen molar-refractivity contribution in [3.8, 4) is 17.2 Å². The number of carbonyl (C=O) groups excluding carboxylic acids is 2. The molecule has 3 N–H and O–H groups in total. The minimum absolute atomic E-state index is 0.0204. The lowest BCUT2D eigenvalue weighted by atomic mass is 10.1. The third-order valence-corrected chi connectivity index (χ3v) is 4.08. The molecule has 0 unspecified atom stereocenters. The molecule has 0 aromatic heterocycles. The minimum Gasteiger partial charge on any atom is -0.493 e. The lowest BCUT2D eigenvalue weighted by Gasteiger charge is -2.14. The number of aryl methyl sites for hydroxylation is 1. The molecule has 8 heteroatoms. The fourth-order valence-corrected chi connectivity index (χ4v) is 2.63. The van der Waals surface area contributed by atoms with Crippen molar-refractivity contribution in [1.29, 1.82) is 0 Å². The van der Waals surface area contributed by atoms with E-state index in [1.807, 2.05) is 31.2 Å². The van der Waals surface area contributed by atoms with Gasteiger partial charge in [0.15, 0.2) is 11.5 Å². The molecule has 0 aliphatic heterocycles. The number of hydrazine groups is 1. The summed E-state index contributed by atoms with van der Waals surface area (Å²) in [5, 5.41) is 3.06. The van der Waals surface area contributed by atoms with Gasteiger partial charge in [0.2, 0.25) is 5.75 Å². The van der Waals surface area contributed by atoms with Crippen LogP contribution in [0.3, 0.4) is 0 Å². The number of anilines is 1. The Labute approximate surface area is 164 Å². The van der Waals surface area contributed by atoms with Crippen LogP contribution >= 0.6 is 0 Å². The van der Waals surface area contributed by atoms with Gasteiger partial charge >= 0.3 is 0 Å². The van der Waals surface area contributed by atoms with E-state index in [1.54, 1.807) is 0 Å². The maximum absolute atomic E-state index is 12.4. The van der Waals surface area contributed by atoms with Crippen molar-refractivity contribution >= 4 is 17.5 Å². The highest BCUT2D eigenvalue weighted by Gasteiger charge is 2.17. The highest BCUT2D eigenvalue weighted by atomic mass is 16.5. The summed E-state index contributed by atoms with van der Waals surface area (Å²) in [4.78, 5) is 24.4. The van der Waals surface area contributed by atoms with E-state index in [9.17, 15) is 9.59 Å². The molecule has 2 aromatic rings. The van der Waals surface area contributed by atoms with Crippen LogP contribution in [-0.4, -0.2) is 39.7 Å². The van der Waals surface area contributed by atoms with E-state index in [0.29, 0.717) is 17.2 Å². The maximum Gasteiger partial charge on any atom is 0.269 e. The highest BCUT2D eigenvalue weighted by molar-refractivity contribution is 5.97. The predicted molar refractivity (Wildman–Crippen MR) is 106 cm³/mol. The smallest absolute Gasteiger partial charge is 0.269 e. The van der Waals surface area contributed by atoms with Crippen molar-refractivity contribution < 1.29 is 23.8 Å². The molecule has 0 radical (unpaired) electrons. The van der Waals surface area contributed by atoms with Gasteiger partial charge in [-0.25, -0.2) is 0 Å². The van der Waals surface area contributed by atoms with E-state index >= 15 is 0 Å². The Morgan fingerprint density at radius 1 is 0.929 bits per heavy atom. The van der Waals surface area contributed by atoms with Gasteiger partial charge in [0.1, 0.15) is 0 Å². The molecule has 0 aliphatic carbocycles. The van der Waals surface area contributed by atoms with E-state index < -0.39 is 5.91 Å². The number of hydrogen-bond acceptors (Lipinski definition) is 6. The molecule has 0 atom stereocenters. The SMILES string of the molecule is CCc1ccccc1NCC(=O)NNC(=O)c1cc(OC)c(OC)c(OC)c1. The maximum atomic E-state index is 12.4. The lowest BCUT2D eigenvalue weighted by molar-refractivity contribution is -0.120. The number of hydrogen-bond donors (Lipinski definition) is 3. The molecule has 2 rings (SSSR count). The molecule has 28 heavy (non-hydrogen) atoms. The van der Waals surface area contributed by atoms with Crippen LogP contribution in [0.15, 0.2) is 36.4 Å². The van der Waals surface area contributed by atoms with Gasteiger partial charge in [0, 0.05) is 11.3 Å². The van der Waals surface area contributed by atoms with Gasteiger partial charge in [-0.2, -0.15) is 0 Å². The number of benzene rings is 2. The molecule has 0 aliphatic rings. The molecule has 150 valence electrons. The molecule has 0 fully saturated rings. The summed E-state index contributed by atoms with van der Waals surface area (Å²) in [6.07, 6.45) is 0.850. The van der Waals surface area contributed by atoms with E-state index in [4.69, 9.17) is 14.2 Å². The molecule has 0 saturated carbocycles. The number of nitrogens with one attached hydrogen (secondary N) is 3. The highest BCUT2D eigenvalue weighted by Crippen LogP contribution is 2.38. The van der Waals surface area contributed by atoms with Gasteiger partial charge in [0.05, 0.1) is 27.9 Å². The van der Waals surface area contributed by atoms with Crippen molar-refractivity contribution in [1.82, 2.24) is 10.9 Å². The van der Waals surface area contributed by atoms with Gasteiger partial charge in [0.25, 0.3) is 11.8 Å². The van der Waals surface area contributed by atoms with E-state index in [-0.39, 0.29) is 18.0 Å². The van der Waals surface area contributed by atoms with Gasteiger partial charge < -0.3 is 19.5 Å². The van der Waals surface area contributed by atoms with Crippen molar-refractivity contribution in [2.24, 2.45) is 0 Å².